The van der Waals surface area contributed by atoms with Crippen LogP contribution in [0.3, 0.4) is 0 Å². The number of nitrogens with zero attached hydrogens (tertiary/aromatic N) is 2. The number of halogens is 1. The first-order chi connectivity index (χ1) is 9.81. The van der Waals surface area contributed by atoms with E-state index in [1.165, 1.54) is 5.56 Å². The van der Waals surface area contributed by atoms with E-state index in [4.69, 9.17) is 11.6 Å². The smallest absolute Gasteiger partial charge is 0.223 e. The van der Waals surface area contributed by atoms with Gasteiger partial charge >= 0.3 is 0 Å². The second-order valence-electron chi connectivity index (χ2n) is 4.56. The number of aromatic nitrogens is 2. The third-order valence-corrected chi connectivity index (χ3v) is 3.35. The lowest BCUT2D eigenvalue weighted by atomic mass is 10.1. The molecule has 0 bridgehead atoms. The van der Waals surface area contributed by atoms with Gasteiger partial charge in [0, 0.05) is 23.2 Å². The van der Waals surface area contributed by atoms with Crippen LogP contribution in [0.25, 0.3) is 10.9 Å². The summed E-state index contributed by atoms with van der Waals surface area (Å²) < 4.78 is 0. The molecule has 0 aliphatic rings. The largest absolute Gasteiger partial charge is 0.354 e. The SMILES string of the molecule is Clc1ccc(CCNc2ncc3ccccc3n2)cc1. The molecule has 0 amide bonds. The van der Waals surface area contributed by atoms with Gasteiger partial charge in [-0.25, -0.2) is 9.97 Å². The summed E-state index contributed by atoms with van der Waals surface area (Å²) in [5.41, 5.74) is 2.19. The molecule has 4 heteroatoms. The number of anilines is 1. The van der Waals surface area contributed by atoms with Crippen molar-refractivity contribution in [3.05, 3.63) is 65.3 Å². The topological polar surface area (TPSA) is 37.8 Å². The number of fused-ring (bicyclic) bond motifs is 1. The molecule has 0 unspecified atom stereocenters. The van der Waals surface area contributed by atoms with Gasteiger partial charge in [-0.05, 0) is 30.2 Å². The second-order valence-corrected chi connectivity index (χ2v) is 4.99. The molecule has 0 saturated carbocycles. The summed E-state index contributed by atoms with van der Waals surface area (Å²) >= 11 is 5.86. The molecule has 2 aromatic carbocycles. The second kappa shape index (κ2) is 5.88. The highest BCUT2D eigenvalue weighted by molar-refractivity contribution is 6.30. The summed E-state index contributed by atoms with van der Waals surface area (Å²) in [5, 5.41) is 5.06. The highest BCUT2D eigenvalue weighted by Crippen LogP contribution is 2.12. The fraction of sp³-hybridized carbons (Fsp3) is 0.125. The molecule has 3 aromatic rings. The zero-order valence-electron chi connectivity index (χ0n) is 10.9. The monoisotopic (exact) mass is 283 g/mol. The van der Waals surface area contributed by atoms with Crippen molar-refractivity contribution in [1.29, 1.82) is 0 Å². The highest BCUT2D eigenvalue weighted by atomic mass is 35.5. The quantitative estimate of drug-likeness (QED) is 0.788. The Hall–Kier alpha value is -2.13. The lowest BCUT2D eigenvalue weighted by Crippen LogP contribution is -2.07. The highest BCUT2D eigenvalue weighted by Gasteiger charge is 1.99. The number of hydrogen-bond donors (Lipinski definition) is 1. The van der Waals surface area contributed by atoms with Gasteiger partial charge in [-0.15, -0.1) is 0 Å². The number of nitrogens with one attached hydrogen (secondary N) is 1. The zero-order chi connectivity index (χ0) is 13.8. The molecule has 0 spiro atoms. The molecule has 0 atom stereocenters. The van der Waals surface area contributed by atoms with Crippen LogP contribution in [0, 0.1) is 0 Å². The maximum Gasteiger partial charge on any atom is 0.223 e. The number of benzene rings is 2. The van der Waals surface area contributed by atoms with E-state index in [9.17, 15) is 0 Å². The minimum atomic E-state index is 0.665. The van der Waals surface area contributed by atoms with Crippen LogP contribution in [-0.2, 0) is 6.42 Å². The Balaban J connectivity index is 1.63. The standard InChI is InChI=1S/C16H14ClN3/c17-14-7-5-12(6-8-14)9-10-18-16-19-11-13-3-1-2-4-15(13)20-16/h1-8,11H,9-10H2,(H,18,19,20). The van der Waals surface area contributed by atoms with Crippen molar-refractivity contribution >= 4 is 28.5 Å². The maximum atomic E-state index is 5.86. The first-order valence-corrected chi connectivity index (χ1v) is 6.89. The van der Waals surface area contributed by atoms with Crippen LogP contribution in [0.2, 0.25) is 5.02 Å². The Labute approximate surface area is 122 Å². The summed E-state index contributed by atoms with van der Waals surface area (Å²) in [5.74, 6) is 0.665. The first-order valence-electron chi connectivity index (χ1n) is 6.51. The summed E-state index contributed by atoms with van der Waals surface area (Å²) in [6.07, 6.45) is 2.75. The van der Waals surface area contributed by atoms with Crippen LogP contribution in [0.1, 0.15) is 5.56 Å². The van der Waals surface area contributed by atoms with Crippen molar-refractivity contribution in [2.24, 2.45) is 0 Å². The summed E-state index contributed by atoms with van der Waals surface area (Å²) in [7, 11) is 0. The molecular formula is C16H14ClN3. The average molecular weight is 284 g/mol. The van der Waals surface area contributed by atoms with Crippen LogP contribution >= 0.6 is 11.6 Å². The summed E-state index contributed by atoms with van der Waals surface area (Å²) in [4.78, 5) is 8.79. The maximum absolute atomic E-state index is 5.86. The minimum Gasteiger partial charge on any atom is -0.354 e. The van der Waals surface area contributed by atoms with Gasteiger partial charge in [0.15, 0.2) is 0 Å². The Morgan fingerprint density at radius 3 is 2.65 bits per heavy atom. The van der Waals surface area contributed by atoms with Gasteiger partial charge in [-0.1, -0.05) is 41.9 Å². The van der Waals surface area contributed by atoms with E-state index in [2.05, 4.69) is 15.3 Å². The molecular weight excluding hydrogens is 270 g/mol. The van der Waals surface area contributed by atoms with Crippen molar-refractivity contribution in [2.75, 3.05) is 11.9 Å². The van der Waals surface area contributed by atoms with Crippen molar-refractivity contribution in [3.8, 4) is 0 Å². The molecule has 0 saturated heterocycles. The van der Waals surface area contributed by atoms with Gasteiger partial charge in [-0.2, -0.15) is 0 Å². The number of hydrogen-bond acceptors (Lipinski definition) is 3. The molecule has 1 aromatic heterocycles. The Kier molecular flexibility index (Phi) is 3.79. The van der Waals surface area contributed by atoms with Gasteiger partial charge in [0.1, 0.15) is 0 Å². The molecule has 0 fully saturated rings. The molecule has 0 radical (unpaired) electrons. The summed E-state index contributed by atoms with van der Waals surface area (Å²) in [6, 6.07) is 15.8. The van der Waals surface area contributed by atoms with Crippen molar-refractivity contribution in [3.63, 3.8) is 0 Å². The van der Waals surface area contributed by atoms with Gasteiger partial charge < -0.3 is 5.32 Å². The molecule has 100 valence electrons. The van der Waals surface area contributed by atoms with E-state index in [0.29, 0.717) is 5.95 Å². The van der Waals surface area contributed by atoms with E-state index in [1.807, 2.05) is 54.7 Å². The average Bonchev–Trinajstić information content (AvgIpc) is 2.49. The van der Waals surface area contributed by atoms with Crippen molar-refractivity contribution in [1.82, 2.24) is 9.97 Å². The van der Waals surface area contributed by atoms with E-state index >= 15 is 0 Å². The normalized spacial score (nSPS) is 10.7. The van der Waals surface area contributed by atoms with E-state index in [0.717, 1.165) is 28.9 Å². The Morgan fingerprint density at radius 2 is 1.80 bits per heavy atom. The fourth-order valence-corrected chi connectivity index (χ4v) is 2.15. The van der Waals surface area contributed by atoms with Gasteiger partial charge in [-0.3, -0.25) is 0 Å². The third kappa shape index (κ3) is 3.06. The molecule has 20 heavy (non-hydrogen) atoms. The predicted molar refractivity (Wildman–Crippen MR) is 83.2 cm³/mol. The molecule has 1 N–H and O–H groups in total. The first kappa shape index (κ1) is 12.9. The predicted octanol–water partition coefficient (Wildman–Crippen LogP) is 3.94. The van der Waals surface area contributed by atoms with Crippen molar-refractivity contribution < 1.29 is 0 Å². The Morgan fingerprint density at radius 1 is 1.00 bits per heavy atom. The number of para-hydroxylation sites is 1. The van der Waals surface area contributed by atoms with E-state index in [1.54, 1.807) is 0 Å². The molecule has 3 rings (SSSR count). The van der Waals surface area contributed by atoms with Crippen LogP contribution in [0.4, 0.5) is 5.95 Å². The number of rotatable bonds is 4. The van der Waals surface area contributed by atoms with Crippen LogP contribution in [0.5, 0.6) is 0 Å². The van der Waals surface area contributed by atoms with Crippen LogP contribution < -0.4 is 5.32 Å². The fourth-order valence-electron chi connectivity index (χ4n) is 2.03. The lowest BCUT2D eigenvalue weighted by molar-refractivity contribution is 0.990. The lowest BCUT2D eigenvalue weighted by Gasteiger charge is -2.06. The minimum absolute atomic E-state index is 0.665. The van der Waals surface area contributed by atoms with Crippen LogP contribution in [-0.4, -0.2) is 16.5 Å². The molecule has 0 aliphatic heterocycles. The van der Waals surface area contributed by atoms with E-state index in [-0.39, 0.29) is 0 Å². The molecule has 1 heterocycles. The third-order valence-electron chi connectivity index (χ3n) is 3.10. The zero-order valence-corrected chi connectivity index (χ0v) is 11.6. The van der Waals surface area contributed by atoms with Gasteiger partial charge in [0.2, 0.25) is 5.95 Å². The van der Waals surface area contributed by atoms with Gasteiger partial charge in [0.25, 0.3) is 0 Å². The van der Waals surface area contributed by atoms with E-state index < -0.39 is 0 Å². The van der Waals surface area contributed by atoms with Gasteiger partial charge in [0.05, 0.1) is 5.52 Å². The van der Waals surface area contributed by atoms with Crippen LogP contribution in [0.15, 0.2) is 54.7 Å². The Bertz CT molecular complexity index is 710. The van der Waals surface area contributed by atoms with Crippen molar-refractivity contribution in [2.45, 2.75) is 6.42 Å². The summed E-state index contributed by atoms with van der Waals surface area (Å²) in [6.45, 7) is 0.792. The molecule has 0 aliphatic carbocycles. The molecule has 3 nitrogen and oxygen atoms in total.